The van der Waals surface area contributed by atoms with Crippen molar-refractivity contribution >= 4 is 14.0 Å². The minimum absolute atomic E-state index is 0.204. The summed E-state index contributed by atoms with van der Waals surface area (Å²) in [6, 6.07) is 0. The number of esters is 1. The van der Waals surface area contributed by atoms with Crippen LogP contribution in [0.4, 0.5) is 0 Å². The fraction of sp³-hybridized carbons (Fsp3) is 0.727. The van der Waals surface area contributed by atoms with Gasteiger partial charge in [-0.3, -0.25) is 4.79 Å². The van der Waals surface area contributed by atoms with Gasteiger partial charge in [0.05, 0.1) is 6.61 Å². The van der Waals surface area contributed by atoms with Crippen molar-refractivity contribution in [3.63, 3.8) is 0 Å². The van der Waals surface area contributed by atoms with Crippen molar-refractivity contribution in [1.82, 2.24) is 0 Å². The first-order chi connectivity index (χ1) is 7.71. The zero-order chi connectivity index (χ0) is 11.6. The molecule has 1 aliphatic carbocycles. The summed E-state index contributed by atoms with van der Waals surface area (Å²) in [5, 5.41) is 0. The van der Waals surface area contributed by atoms with Gasteiger partial charge in [0.25, 0.3) is 8.05 Å². The summed E-state index contributed by atoms with van der Waals surface area (Å²) in [5.74, 6) is -0.949. The highest BCUT2D eigenvalue weighted by Gasteiger charge is 2.65. The van der Waals surface area contributed by atoms with Gasteiger partial charge in [-0.05, 0) is 19.3 Å². The summed E-state index contributed by atoms with van der Waals surface area (Å²) in [7, 11) is 1.60. The van der Waals surface area contributed by atoms with Gasteiger partial charge in [0.1, 0.15) is 12.0 Å². The normalized spacial score (nSPS) is 37.0. The fourth-order valence-electron chi connectivity index (χ4n) is 2.96. The maximum Gasteiger partial charge on any atom is 0.317 e. The summed E-state index contributed by atoms with van der Waals surface area (Å²) in [4.78, 5) is 12.1. The van der Waals surface area contributed by atoms with Gasteiger partial charge >= 0.3 is 5.97 Å². The molecule has 16 heavy (non-hydrogen) atoms. The van der Waals surface area contributed by atoms with E-state index in [2.05, 4.69) is 6.58 Å². The number of fused-ring (bicyclic) bond motifs is 1. The Morgan fingerprint density at radius 3 is 3.00 bits per heavy atom. The molecule has 2 fully saturated rings. The van der Waals surface area contributed by atoms with E-state index < -0.39 is 11.2 Å². The Labute approximate surface area is 96.4 Å². The minimum atomic E-state index is -0.745. The summed E-state index contributed by atoms with van der Waals surface area (Å²) >= 11 is 0. The predicted molar refractivity (Wildman–Crippen MR) is 60.4 cm³/mol. The number of hydrogen-bond acceptors (Lipinski definition) is 4. The first-order valence-corrected chi connectivity index (χ1v) is 5.68. The van der Waals surface area contributed by atoms with Crippen LogP contribution >= 0.6 is 0 Å². The quantitative estimate of drug-likeness (QED) is 0.397. The molecule has 1 saturated carbocycles. The van der Waals surface area contributed by atoms with Crippen molar-refractivity contribution in [3.8, 4) is 0 Å². The molecule has 5 heteroatoms. The lowest BCUT2D eigenvalue weighted by molar-refractivity contribution is -0.206. The second-order valence-corrected chi connectivity index (χ2v) is 4.38. The van der Waals surface area contributed by atoms with Crippen molar-refractivity contribution in [3.05, 3.63) is 12.7 Å². The number of rotatable bonds is 4. The first-order valence-electron chi connectivity index (χ1n) is 5.68. The molecule has 88 valence electrons. The molecule has 1 aliphatic heterocycles. The van der Waals surface area contributed by atoms with Crippen LogP contribution in [-0.2, 0) is 18.9 Å². The van der Waals surface area contributed by atoms with Gasteiger partial charge in [-0.25, -0.2) is 0 Å². The smallest absolute Gasteiger partial charge is 0.317 e. The maximum atomic E-state index is 12.1. The van der Waals surface area contributed by atoms with E-state index in [1.165, 1.54) is 0 Å². The Balaban J connectivity index is 2.21. The van der Waals surface area contributed by atoms with Gasteiger partial charge in [-0.15, -0.1) is 0 Å². The lowest BCUT2D eigenvalue weighted by atomic mass is 9.80. The highest BCUT2D eigenvalue weighted by Crippen LogP contribution is 2.56. The minimum Gasteiger partial charge on any atom is -0.461 e. The van der Waals surface area contributed by atoms with Crippen molar-refractivity contribution in [2.75, 3.05) is 13.2 Å². The van der Waals surface area contributed by atoms with E-state index in [4.69, 9.17) is 14.1 Å². The van der Waals surface area contributed by atoms with E-state index in [1.807, 2.05) is 0 Å². The van der Waals surface area contributed by atoms with E-state index in [1.54, 1.807) is 14.1 Å². The van der Waals surface area contributed by atoms with Crippen LogP contribution in [0.3, 0.4) is 0 Å². The van der Waals surface area contributed by atoms with E-state index in [0.717, 1.165) is 19.3 Å². The predicted octanol–water partition coefficient (Wildman–Crippen LogP) is 0.567. The fourth-order valence-corrected chi connectivity index (χ4v) is 2.96. The van der Waals surface area contributed by atoms with E-state index in [-0.39, 0.29) is 12.6 Å². The van der Waals surface area contributed by atoms with Crippen molar-refractivity contribution in [1.29, 1.82) is 0 Å². The average molecular weight is 224 g/mol. The largest absolute Gasteiger partial charge is 0.461 e. The summed E-state index contributed by atoms with van der Waals surface area (Å²) < 4.78 is 16.3. The zero-order valence-electron chi connectivity index (χ0n) is 9.66. The van der Waals surface area contributed by atoms with Crippen LogP contribution in [0.5, 0.6) is 0 Å². The van der Waals surface area contributed by atoms with Crippen LogP contribution in [0.25, 0.3) is 0 Å². The monoisotopic (exact) mass is 224 g/mol. The van der Waals surface area contributed by atoms with E-state index in [0.29, 0.717) is 13.0 Å². The van der Waals surface area contributed by atoms with Gasteiger partial charge in [0, 0.05) is 6.42 Å². The Morgan fingerprint density at radius 2 is 2.31 bits per heavy atom. The molecule has 0 radical (unpaired) electrons. The van der Waals surface area contributed by atoms with Crippen LogP contribution in [0.15, 0.2) is 12.7 Å². The number of carbonyl (C=O) groups is 1. The SMILES string of the molecule is BOC12CCCC1(C(=O)OCC=C)CCO2. The molecule has 1 heterocycles. The molecular formula is C11H17BO4. The maximum absolute atomic E-state index is 12.1. The highest BCUT2D eigenvalue weighted by molar-refractivity contribution is 5.98. The highest BCUT2D eigenvalue weighted by atomic mass is 16.7. The molecule has 4 nitrogen and oxygen atoms in total. The third-order valence-corrected chi connectivity index (χ3v) is 3.76. The van der Waals surface area contributed by atoms with Crippen molar-refractivity contribution in [2.45, 2.75) is 31.5 Å². The molecule has 0 amide bonds. The van der Waals surface area contributed by atoms with Gasteiger partial charge in [-0.2, -0.15) is 0 Å². The van der Waals surface area contributed by atoms with Gasteiger partial charge < -0.3 is 14.1 Å². The molecule has 0 aromatic rings. The second-order valence-electron chi connectivity index (χ2n) is 4.38. The molecule has 2 rings (SSSR count). The first kappa shape index (κ1) is 11.7. The van der Waals surface area contributed by atoms with Crippen LogP contribution in [0.2, 0.25) is 0 Å². The van der Waals surface area contributed by atoms with Gasteiger partial charge in [-0.1, -0.05) is 12.7 Å². The Hall–Kier alpha value is -0.805. The van der Waals surface area contributed by atoms with E-state index >= 15 is 0 Å². The summed E-state index contributed by atoms with van der Waals surface area (Å²) in [5.41, 5.74) is -0.592. The Kier molecular flexibility index (Phi) is 3.08. The average Bonchev–Trinajstić information content (AvgIpc) is 2.81. The molecule has 0 N–H and O–H groups in total. The van der Waals surface area contributed by atoms with Crippen LogP contribution < -0.4 is 0 Å². The third-order valence-electron chi connectivity index (χ3n) is 3.76. The van der Waals surface area contributed by atoms with Crippen molar-refractivity contribution in [2.24, 2.45) is 5.41 Å². The lowest BCUT2D eigenvalue weighted by Gasteiger charge is -2.36. The van der Waals surface area contributed by atoms with Crippen LogP contribution in [0, 0.1) is 5.41 Å². The lowest BCUT2D eigenvalue weighted by Crippen LogP contribution is -2.48. The third kappa shape index (κ3) is 1.42. The van der Waals surface area contributed by atoms with E-state index in [9.17, 15) is 4.79 Å². The molecule has 0 aromatic heterocycles. The second kappa shape index (κ2) is 4.22. The number of hydrogen-bond donors (Lipinski definition) is 0. The molecule has 0 bridgehead atoms. The molecular weight excluding hydrogens is 207 g/mol. The molecule has 0 spiro atoms. The van der Waals surface area contributed by atoms with Gasteiger partial charge in [0.2, 0.25) is 0 Å². The standard InChI is InChI=1S/C11H17BO4/c1-2-7-14-9(13)10-4-3-5-11(10,16-12)15-8-6-10/h2H,1,3-8,12H2. The zero-order valence-corrected chi connectivity index (χ0v) is 9.66. The summed E-state index contributed by atoms with van der Waals surface area (Å²) in [6.07, 6.45) is 4.77. The summed E-state index contributed by atoms with van der Waals surface area (Å²) in [6.45, 7) is 4.36. The Morgan fingerprint density at radius 1 is 1.50 bits per heavy atom. The molecule has 2 atom stereocenters. The van der Waals surface area contributed by atoms with Crippen molar-refractivity contribution < 1.29 is 18.9 Å². The topological polar surface area (TPSA) is 44.8 Å². The molecule has 1 saturated heterocycles. The number of ether oxygens (including phenoxy) is 2. The molecule has 0 aromatic carbocycles. The molecule has 2 aliphatic rings. The van der Waals surface area contributed by atoms with Crippen LogP contribution in [0.1, 0.15) is 25.7 Å². The van der Waals surface area contributed by atoms with Crippen LogP contribution in [-0.4, -0.2) is 33.0 Å². The Bertz CT molecular complexity index is 292. The molecule has 2 unspecified atom stereocenters. The van der Waals surface area contributed by atoms with Gasteiger partial charge in [0.15, 0.2) is 5.79 Å². The number of carbonyl (C=O) groups excluding carboxylic acids is 1.